The van der Waals surface area contributed by atoms with E-state index in [0.717, 1.165) is 49.3 Å². The van der Waals surface area contributed by atoms with Crippen LogP contribution in [0.3, 0.4) is 0 Å². The minimum absolute atomic E-state index is 0. The van der Waals surface area contributed by atoms with Crippen molar-refractivity contribution >= 4 is 90.7 Å². The van der Waals surface area contributed by atoms with E-state index in [1.165, 1.54) is 201 Å². The summed E-state index contributed by atoms with van der Waals surface area (Å²) in [4.78, 5) is -0.170. The maximum Gasteiger partial charge on any atom is 2.00 e. The molecular formula is C56H86BaO6S2. The van der Waals surface area contributed by atoms with Gasteiger partial charge in [0.1, 0.15) is 20.2 Å². The minimum Gasteiger partial charge on any atom is -0.744 e. The normalized spacial score (nSPS) is 11.8. The molecule has 4 aromatic rings. The predicted octanol–water partition coefficient (Wildman–Crippen LogP) is 16.3. The van der Waals surface area contributed by atoms with E-state index >= 15 is 0 Å². The molecule has 0 saturated carbocycles. The molecule has 4 aromatic carbocycles. The Morgan fingerprint density at radius 1 is 0.338 bits per heavy atom. The number of rotatable bonds is 34. The van der Waals surface area contributed by atoms with Crippen molar-refractivity contribution in [1.29, 1.82) is 0 Å². The predicted molar refractivity (Wildman–Crippen MR) is 276 cm³/mol. The Bertz CT molecular complexity index is 1960. The third-order valence-corrected chi connectivity index (χ3v) is 14.8. The van der Waals surface area contributed by atoms with Crippen LogP contribution >= 0.6 is 0 Å². The van der Waals surface area contributed by atoms with Crippen LogP contribution in [-0.4, -0.2) is 74.8 Å². The summed E-state index contributed by atoms with van der Waals surface area (Å²) in [5.41, 5.74) is 5.12. The molecule has 0 radical (unpaired) electrons. The zero-order valence-electron chi connectivity index (χ0n) is 41.4. The molecule has 360 valence electrons. The van der Waals surface area contributed by atoms with Crippen molar-refractivity contribution in [1.82, 2.24) is 0 Å². The number of unbranched alkanes of at least 4 members (excludes halogenated alkanes) is 24. The molecule has 0 aliphatic heterocycles. The molecule has 0 heterocycles. The standard InChI is InChI=1S/2C28H44O3S.Ba/c2*1-3-5-7-9-11-13-15-18-24-22-26-20-17-21-28(32(29,30)31)27(26)23-25(24)19-16-14-12-10-8-6-4-2;/h2*17,20-23H,3-16,18-19H2,1-2H3,(H,29,30,31);/q;;+2/p-2. The number of hydrogen-bond donors (Lipinski definition) is 0. The van der Waals surface area contributed by atoms with Crippen LogP contribution in [0.2, 0.25) is 0 Å². The van der Waals surface area contributed by atoms with Gasteiger partial charge in [0.2, 0.25) is 0 Å². The summed E-state index contributed by atoms with van der Waals surface area (Å²) in [7, 11) is -8.96. The number of aryl methyl sites for hydroxylation is 4. The first-order valence-electron chi connectivity index (χ1n) is 25.9. The zero-order valence-corrected chi connectivity index (χ0v) is 47.4. The quantitative estimate of drug-likeness (QED) is 0.0261. The van der Waals surface area contributed by atoms with E-state index in [-0.39, 0.29) is 58.7 Å². The molecule has 0 bridgehead atoms. The molecular weight excluding hydrogens is 970 g/mol. The third kappa shape index (κ3) is 23.8. The van der Waals surface area contributed by atoms with Gasteiger partial charge in [0, 0.05) is 0 Å². The van der Waals surface area contributed by atoms with Gasteiger partial charge in [0.25, 0.3) is 0 Å². The SMILES string of the molecule is CCCCCCCCCc1cc2cccc(S(=O)(=O)[O-])c2cc1CCCCCCCCC.CCCCCCCCCc1cc2cccc(S(=O)(=O)[O-])c2cc1CCCCCCCCC.[Ba+2]. The van der Waals surface area contributed by atoms with Gasteiger partial charge in [-0.15, -0.1) is 0 Å². The largest absolute Gasteiger partial charge is 2.00 e. The Morgan fingerprint density at radius 3 is 0.815 bits per heavy atom. The molecule has 0 saturated heterocycles. The second-order valence-corrected chi connectivity index (χ2v) is 21.3. The van der Waals surface area contributed by atoms with Gasteiger partial charge in [0.15, 0.2) is 0 Å². The summed E-state index contributed by atoms with van der Waals surface area (Å²) >= 11 is 0. The fourth-order valence-corrected chi connectivity index (χ4v) is 10.6. The average molecular weight is 1060 g/mol. The van der Waals surface area contributed by atoms with Crippen molar-refractivity contribution in [2.24, 2.45) is 0 Å². The van der Waals surface area contributed by atoms with Gasteiger partial charge < -0.3 is 9.11 Å². The van der Waals surface area contributed by atoms with Crippen molar-refractivity contribution in [2.45, 2.75) is 243 Å². The van der Waals surface area contributed by atoms with Crippen molar-refractivity contribution < 1.29 is 25.9 Å². The third-order valence-electron chi connectivity index (χ3n) is 13.1. The number of hydrogen-bond acceptors (Lipinski definition) is 6. The van der Waals surface area contributed by atoms with Gasteiger partial charge in [-0.3, -0.25) is 0 Å². The molecule has 0 aliphatic rings. The van der Waals surface area contributed by atoms with Crippen molar-refractivity contribution in [3.63, 3.8) is 0 Å². The molecule has 0 atom stereocenters. The minimum atomic E-state index is -4.48. The molecule has 0 aliphatic carbocycles. The molecule has 0 fully saturated rings. The van der Waals surface area contributed by atoms with Gasteiger partial charge >= 0.3 is 48.9 Å². The Balaban J connectivity index is 0.000000440. The van der Waals surface area contributed by atoms with Crippen LogP contribution in [0.15, 0.2) is 70.5 Å². The maximum atomic E-state index is 11.8. The van der Waals surface area contributed by atoms with E-state index in [2.05, 4.69) is 39.8 Å². The second-order valence-electron chi connectivity index (χ2n) is 18.6. The summed E-state index contributed by atoms with van der Waals surface area (Å²) in [6.07, 6.45) is 39.5. The van der Waals surface area contributed by atoms with Crippen LogP contribution in [0.1, 0.15) is 230 Å². The first-order valence-corrected chi connectivity index (χ1v) is 28.8. The van der Waals surface area contributed by atoms with Gasteiger partial charge in [0.05, 0.1) is 9.79 Å². The van der Waals surface area contributed by atoms with Crippen LogP contribution < -0.4 is 0 Å². The zero-order chi connectivity index (χ0) is 46.5. The van der Waals surface area contributed by atoms with E-state index in [4.69, 9.17) is 0 Å². The smallest absolute Gasteiger partial charge is 0.744 e. The van der Waals surface area contributed by atoms with Crippen LogP contribution in [0.5, 0.6) is 0 Å². The van der Waals surface area contributed by atoms with E-state index in [1.807, 2.05) is 24.3 Å². The Hall–Kier alpha value is -1.21. The fourth-order valence-electron chi connectivity index (χ4n) is 9.23. The molecule has 4 rings (SSSR count). The Labute approximate surface area is 438 Å². The fraction of sp³-hybridized carbons (Fsp3) is 0.643. The molecule has 0 amide bonds. The molecule has 0 unspecified atom stereocenters. The number of benzene rings is 4. The summed E-state index contributed by atoms with van der Waals surface area (Å²) in [6.45, 7) is 8.97. The Kier molecular flexibility index (Phi) is 32.2. The molecule has 6 nitrogen and oxygen atoms in total. The van der Waals surface area contributed by atoms with Crippen LogP contribution in [0.25, 0.3) is 21.5 Å². The first kappa shape index (κ1) is 59.9. The van der Waals surface area contributed by atoms with Crippen LogP contribution in [0, 0.1) is 0 Å². The molecule has 0 spiro atoms. The maximum absolute atomic E-state index is 11.8. The average Bonchev–Trinajstić information content (AvgIpc) is 3.27. The van der Waals surface area contributed by atoms with E-state index in [9.17, 15) is 25.9 Å². The Morgan fingerprint density at radius 2 is 0.569 bits per heavy atom. The number of fused-ring (bicyclic) bond motifs is 2. The molecule has 0 aromatic heterocycles. The van der Waals surface area contributed by atoms with Gasteiger partial charge in [-0.1, -0.05) is 218 Å². The van der Waals surface area contributed by atoms with Crippen molar-refractivity contribution in [2.75, 3.05) is 0 Å². The summed E-state index contributed by atoms with van der Waals surface area (Å²) in [5.74, 6) is 0. The van der Waals surface area contributed by atoms with Gasteiger partial charge in [-0.05, 0) is 119 Å². The van der Waals surface area contributed by atoms with E-state index in [1.54, 1.807) is 12.1 Å². The molecule has 9 heteroatoms. The van der Waals surface area contributed by atoms with Crippen molar-refractivity contribution in [3.8, 4) is 0 Å². The summed E-state index contributed by atoms with van der Waals surface area (Å²) in [5, 5.41) is 2.90. The van der Waals surface area contributed by atoms with E-state index in [0.29, 0.717) is 10.8 Å². The van der Waals surface area contributed by atoms with Crippen molar-refractivity contribution in [3.05, 3.63) is 82.9 Å². The van der Waals surface area contributed by atoms with Crippen LogP contribution in [0.4, 0.5) is 0 Å². The molecule has 65 heavy (non-hydrogen) atoms. The molecule has 0 N–H and O–H groups in total. The van der Waals surface area contributed by atoms with E-state index < -0.39 is 20.2 Å². The van der Waals surface area contributed by atoms with Gasteiger partial charge in [-0.2, -0.15) is 0 Å². The second kappa shape index (κ2) is 35.0. The summed E-state index contributed by atoms with van der Waals surface area (Å²) in [6, 6.07) is 18.4. The topological polar surface area (TPSA) is 114 Å². The monoisotopic (exact) mass is 1060 g/mol. The van der Waals surface area contributed by atoms with Crippen LogP contribution in [-0.2, 0) is 45.9 Å². The summed E-state index contributed by atoms with van der Waals surface area (Å²) < 4.78 is 70.8. The van der Waals surface area contributed by atoms with Gasteiger partial charge in [-0.25, -0.2) is 16.8 Å². The first-order chi connectivity index (χ1) is 30.9.